The molecule has 3 aliphatic heterocycles. The van der Waals surface area contributed by atoms with Crippen molar-refractivity contribution in [2.45, 2.75) is 229 Å². The third-order valence-corrected chi connectivity index (χ3v) is 24.5. The summed E-state index contributed by atoms with van der Waals surface area (Å²) in [4.78, 5) is 266. The number of amides is 16. The van der Waals surface area contributed by atoms with Gasteiger partial charge in [-0.15, -0.1) is 11.8 Å². The summed E-state index contributed by atoms with van der Waals surface area (Å²) < 4.78 is 0. The molecule has 42 heteroatoms. The minimum absolute atomic E-state index is 0.0163. The molecule has 0 unspecified atom stereocenters. The van der Waals surface area contributed by atoms with Gasteiger partial charge in [-0.3, -0.25) is 81.5 Å². The van der Waals surface area contributed by atoms with Crippen LogP contribution in [0.1, 0.15) is 135 Å². The van der Waals surface area contributed by atoms with E-state index < -0.39 is 235 Å². The number of phenols is 1. The molecule has 3 aromatic heterocycles. The second-order valence-electron chi connectivity index (χ2n) is 33.6. The van der Waals surface area contributed by atoms with Crippen LogP contribution in [0.25, 0.3) is 21.8 Å². The molecule has 3 saturated heterocycles. The van der Waals surface area contributed by atoms with E-state index in [-0.39, 0.29) is 76.0 Å². The number of carbonyl (C=O) groups excluding carboxylic acids is 16. The molecule has 704 valence electrons. The maximum atomic E-state index is 15.6. The van der Waals surface area contributed by atoms with Crippen LogP contribution in [0.15, 0.2) is 97.7 Å². The fourth-order valence-electron chi connectivity index (χ4n) is 16.1. The average Bonchev–Trinajstić information content (AvgIpc) is 1.63. The Bertz CT molecular complexity index is 5050. The van der Waals surface area contributed by atoms with Crippen LogP contribution in [0.4, 0.5) is 0 Å². The lowest BCUT2D eigenvalue weighted by Gasteiger charge is -2.36. The molecule has 0 bridgehead atoms. The number of para-hydroxylation sites is 2. The van der Waals surface area contributed by atoms with Crippen LogP contribution in [0.3, 0.4) is 0 Å². The first-order chi connectivity index (χ1) is 61.9. The van der Waals surface area contributed by atoms with Gasteiger partial charge in [-0.05, 0) is 92.8 Å². The Morgan fingerprint density at radius 1 is 0.569 bits per heavy atom. The number of aromatic hydroxyl groups is 1. The smallest absolute Gasteiger partial charge is 0.305 e. The van der Waals surface area contributed by atoms with Gasteiger partial charge >= 0.3 is 5.97 Å². The number of likely N-dealkylation sites (N-methyl/N-ethyl adjacent to an activating group) is 3. The highest BCUT2D eigenvalue weighted by molar-refractivity contribution is 8.00. The van der Waals surface area contributed by atoms with E-state index in [4.69, 9.17) is 5.73 Å². The lowest BCUT2D eigenvalue weighted by Crippen LogP contribution is -2.61. The van der Waals surface area contributed by atoms with Crippen molar-refractivity contribution in [3.63, 3.8) is 0 Å². The highest BCUT2D eigenvalue weighted by Crippen LogP contribution is 2.28. The average molecular weight is 1830 g/mol. The number of imidazole rings is 1. The zero-order valence-electron chi connectivity index (χ0n) is 74.2. The van der Waals surface area contributed by atoms with Gasteiger partial charge in [-0.1, -0.05) is 102 Å². The predicted molar refractivity (Wildman–Crippen MR) is 475 cm³/mol. The number of aliphatic hydroxyl groups excluding tert-OH is 2. The fourth-order valence-corrected chi connectivity index (χ4v) is 17.0. The number of hydrogen-bond donors (Lipinski definition) is 18. The number of aliphatic hydroxyl groups is 2. The van der Waals surface area contributed by atoms with E-state index in [1.165, 1.54) is 71.8 Å². The number of unbranched alkanes of at least 4 members (excludes halogenated alkanes) is 2. The summed E-state index contributed by atoms with van der Waals surface area (Å²) in [7, 11) is 3.90. The van der Waals surface area contributed by atoms with Crippen molar-refractivity contribution in [3.05, 3.63) is 120 Å². The lowest BCUT2D eigenvalue weighted by atomic mass is 10.00. The van der Waals surface area contributed by atoms with Crippen LogP contribution < -0.4 is 58.9 Å². The number of thioether (sulfide) groups is 1. The van der Waals surface area contributed by atoms with Crippen LogP contribution >= 0.6 is 11.8 Å². The molecule has 0 saturated carbocycles. The number of aliphatic carboxylic acids is 1. The van der Waals surface area contributed by atoms with E-state index >= 15 is 33.6 Å². The molecule has 6 heterocycles. The number of nitrogens with one attached hydrogen (secondary N) is 13. The van der Waals surface area contributed by atoms with Gasteiger partial charge in [0.05, 0.1) is 37.8 Å². The van der Waals surface area contributed by atoms with Crippen LogP contribution in [-0.4, -0.2) is 315 Å². The highest BCUT2D eigenvalue weighted by atomic mass is 32.2. The molecule has 6 aromatic rings. The molecular formula is C88H120N20O21S. The van der Waals surface area contributed by atoms with Crippen LogP contribution in [0.2, 0.25) is 0 Å². The first-order valence-electron chi connectivity index (χ1n) is 43.5. The molecule has 130 heavy (non-hydrogen) atoms. The van der Waals surface area contributed by atoms with E-state index in [0.717, 1.165) is 36.3 Å². The van der Waals surface area contributed by atoms with E-state index in [1.807, 2.05) is 13.8 Å². The summed E-state index contributed by atoms with van der Waals surface area (Å²) in [6.07, 6.45) is 3.78. The number of rotatable bonds is 22. The van der Waals surface area contributed by atoms with E-state index in [2.05, 4.69) is 73.1 Å². The number of nitrogens with two attached hydrogens (primary N) is 1. The number of carboxylic acids is 1. The zero-order chi connectivity index (χ0) is 94.9. The van der Waals surface area contributed by atoms with Crippen LogP contribution in [0.5, 0.6) is 5.75 Å². The monoisotopic (exact) mass is 1820 g/mol. The minimum Gasteiger partial charge on any atom is -0.508 e. The third-order valence-electron chi connectivity index (χ3n) is 23.4. The second kappa shape index (κ2) is 47.4. The number of fused-ring (bicyclic) bond motifs is 4. The standard InChI is InChI=1S/C88H120N20O21S/c1-10-12-23-68-81(122)95-48(5)75(116)103-67(77(118)93-41-72(89)112)44-130-45-73(113)96-63(32-50-26-28-54(110)29-27-50)84(125)104(7)49(6)76(117)99-65(37-74(114)115)86(127)107-30-18-25-69(107)82(123)98-61(35-53-40-90-46-94-53)79(120)100-62(31-47(3)4)87(128)108-42-55(111)36-71(108)83(124)97-60(33-51-38-91-58-21-16-14-19-56(51)58)78(119)102-66(43-109)80(121)101-64(34-52-39-92-59-22-17-15-20-57(52)59)85(126)106(9)70(24-13-11-2)88(129)105(68)8/h14-17,19-22,26-29,38-40,46-49,55,60-71,91-92,109-111H,10-13,18,23-25,30-37,41-45H2,1-9H3,(H2,89,112)(H,90,94)(H,93,118)(H,95,122)(H,96,113)(H,97,124)(H,98,123)(H,99,117)(H,100,120)(H,101,121)(H,102,119)(H,103,116)(H,114,115)/t48-,49-,55+,60-,61-,62-,63-,64-,65-,66-,67-,68-,69-,70-,71-/m0/s1. The molecule has 16 amide bonds. The van der Waals surface area contributed by atoms with Crippen molar-refractivity contribution in [3.8, 4) is 5.75 Å². The van der Waals surface area contributed by atoms with Gasteiger partial charge < -0.3 is 119 Å². The molecule has 3 fully saturated rings. The van der Waals surface area contributed by atoms with E-state index in [9.17, 15) is 68.4 Å². The molecule has 3 aromatic carbocycles. The Kier molecular flexibility index (Phi) is 36.7. The van der Waals surface area contributed by atoms with Gasteiger partial charge in [0.1, 0.15) is 90.3 Å². The molecule has 19 N–H and O–H groups in total. The molecule has 0 radical (unpaired) electrons. The van der Waals surface area contributed by atoms with Crippen molar-refractivity contribution in [1.29, 1.82) is 0 Å². The number of hydrogen-bond acceptors (Lipinski definition) is 22. The van der Waals surface area contributed by atoms with Crippen LogP contribution in [-0.2, 0) is 107 Å². The van der Waals surface area contributed by atoms with Gasteiger partial charge in [-0.25, -0.2) is 4.98 Å². The Morgan fingerprint density at radius 3 is 1.70 bits per heavy atom. The molecule has 9 rings (SSSR count). The number of H-pyrrole nitrogens is 3. The summed E-state index contributed by atoms with van der Waals surface area (Å²) in [5.41, 5.74) is 8.37. The Hall–Kier alpha value is -13.0. The van der Waals surface area contributed by atoms with Crippen LogP contribution in [0, 0.1) is 5.92 Å². The first kappa shape index (κ1) is 101. The summed E-state index contributed by atoms with van der Waals surface area (Å²) >= 11 is 0.773. The number of aromatic nitrogens is 4. The predicted octanol–water partition coefficient (Wildman–Crippen LogP) is -1.57. The fraction of sp³-hybridized carbons (Fsp3) is 0.523. The summed E-state index contributed by atoms with van der Waals surface area (Å²) in [5, 5.41) is 70.4. The lowest BCUT2D eigenvalue weighted by molar-refractivity contribution is -0.149. The quantitative estimate of drug-likeness (QED) is 0.0365. The van der Waals surface area contributed by atoms with Gasteiger partial charge in [0.2, 0.25) is 94.5 Å². The van der Waals surface area contributed by atoms with E-state index in [1.54, 1.807) is 74.8 Å². The summed E-state index contributed by atoms with van der Waals surface area (Å²) in [6, 6.07) is -2.12. The maximum Gasteiger partial charge on any atom is 0.305 e. The number of aromatic amines is 3. The number of primary amides is 1. The highest BCUT2D eigenvalue weighted by Gasteiger charge is 2.47. The minimum atomic E-state index is -1.89. The van der Waals surface area contributed by atoms with Gasteiger partial charge in [-0.2, -0.15) is 0 Å². The van der Waals surface area contributed by atoms with Crippen molar-refractivity contribution in [2.75, 3.05) is 58.9 Å². The molecule has 41 nitrogen and oxygen atoms in total. The number of benzene rings is 3. The molecular weight excluding hydrogens is 1710 g/mol. The molecule has 0 spiro atoms. The zero-order valence-corrected chi connectivity index (χ0v) is 75.0. The molecule has 15 atom stereocenters. The number of phenolic OH excluding ortho intramolecular Hbond substituents is 1. The van der Waals surface area contributed by atoms with Crippen molar-refractivity contribution in [2.24, 2.45) is 11.7 Å². The van der Waals surface area contributed by atoms with Crippen molar-refractivity contribution in [1.82, 2.24) is 97.6 Å². The second-order valence-corrected chi connectivity index (χ2v) is 34.6. The third kappa shape index (κ3) is 27.1. The topological polar surface area (TPSA) is 594 Å². The Morgan fingerprint density at radius 2 is 1.11 bits per heavy atom. The van der Waals surface area contributed by atoms with Gasteiger partial charge in [0.15, 0.2) is 0 Å². The SMILES string of the molecule is CCCC[C@H]1C(=O)N(C)[C@@H](CCCC)C(=O)N[C@@H](C)C(=O)N[C@H](C(=O)NCC(N)=O)CSCC(=O)N[C@@H](Cc2ccc(O)cc2)C(=O)N(C)[C@@H](C)C(=O)N[C@@H](CC(=O)O)C(=O)N2CCC[C@H]2C(=O)N[C@@H](Cc2cnc[nH]2)C(=O)N[C@@H](CC(C)C)C(=O)N2C[C@H](O)C[C@H]2C(=O)N[C@@H](Cc2c[nH]c3ccccc23)C(=O)N[C@@H](CO)C(=O)N[C@@H](Cc2c[nH]c3ccccc23)C(=O)N1C. The van der Waals surface area contributed by atoms with Gasteiger partial charge in [0.25, 0.3) is 0 Å². The van der Waals surface area contributed by atoms with Crippen molar-refractivity contribution >= 4 is 134 Å². The number of nitrogens with zero attached hydrogens (tertiary/aromatic N) is 6. The molecule has 0 aliphatic carbocycles. The normalized spacial score (nSPS) is 25.3. The summed E-state index contributed by atoms with van der Waals surface area (Å²) in [5.74, 6) is -18.0. The number of carboxylic acid groups (broad SMARTS) is 1. The molecule has 3 aliphatic rings. The Balaban J connectivity index is 1.08. The van der Waals surface area contributed by atoms with Gasteiger partial charge in [0, 0.05) is 118 Å². The van der Waals surface area contributed by atoms with E-state index in [0.29, 0.717) is 69.9 Å². The first-order valence-corrected chi connectivity index (χ1v) is 44.7. The van der Waals surface area contributed by atoms with Crippen molar-refractivity contribution < 1.29 is 102 Å². The Labute approximate surface area is 754 Å². The summed E-state index contributed by atoms with van der Waals surface area (Å²) in [6.45, 7) is 7.31. The maximum absolute atomic E-state index is 15.6. The number of carbonyl (C=O) groups is 17. The largest absolute Gasteiger partial charge is 0.508 e.